The highest BCUT2D eigenvalue weighted by atomic mass is 16.5. The molecule has 0 amide bonds. The molecule has 2 aromatic rings. The molecule has 0 radical (unpaired) electrons. The fraction of sp³-hybridized carbons (Fsp3) is 0.333. The van der Waals surface area contributed by atoms with Gasteiger partial charge in [0.1, 0.15) is 11.5 Å². The third kappa shape index (κ3) is 1.44. The van der Waals surface area contributed by atoms with Crippen molar-refractivity contribution in [1.29, 1.82) is 0 Å². The Balaban J connectivity index is 2.80. The summed E-state index contributed by atoms with van der Waals surface area (Å²) in [5, 5.41) is 1.12. The van der Waals surface area contributed by atoms with E-state index in [1.54, 1.807) is 14.2 Å². The van der Waals surface area contributed by atoms with Crippen molar-refractivity contribution in [3.63, 3.8) is 0 Å². The van der Waals surface area contributed by atoms with Crippen LogP contribution in [0.2, 0.25) is 0 Å². The second kappa shape index (κ2) is 3.50. The van der Waals surface area contributed by atoms with Crippen LogP contribution in [0.5, 0.6) is 11.5 Å². The van der Waals surface area contributed by atoms with Crippen molar-refractivity contribution in [2.24, 2.45) is 7.05 Å². The molecule has 0 aliphatic rings. The van der Waals surface area contributed by atoms with Crippen molar-refractivity contribution < 1.29 is 9.47 Å². The third-order valence-corrected chi connectivity index (χ3v) is 2.79. The number of hydrogen-bond acceptors (Lipinski definition) is 2. The molecule has 0 aliphatic carbocycles. The fourth-order valence-electron chi connectivity index (χ4n) is 1.79. The van der Waals surface area contributed by atoms with Crippen LogP contribution in [0, 0.1) is 6.92 Å². The van der Waals surface area contributed by atoms with E-state index >= 15 is 0 Å². The Bertz CT molecular complexity index is 500. The van der Waals surface area contributed by atoms with E-state index in [1.165, 1.54) is 5.69 Å². The van der Waals surface area contributed by atoms with Crippen LogP contribution in [-0.4, -0.2) is 18.8 Å². The average Bonchev–Trinajstić information content (AvgIpc) is 2.54. The first-order valence-corrected chi connectivity index (χ1v) is 4.85. The number of rotatable bonds is 2. The summed E-state index contributed by atoms with van der Waals surface area (Å²) in [6.07, 6.45) is 0. The highest BCUT2D eigenvalue weighted by molar-refractivity contribution is 5.89. The van der Waals surface area contributed by atoms with Gasteiger partial charge in [-0.3, -0.25) is 0 Å². The van der Waals surface area contributed by atoms with E-state index in [4.69, 9.17) is 9.47 Å². The Kier molecular flexibility index (Phi) is 2.31. The molecule has 1 aromatic carbocycles. The maximum atomic E-state index is 5.34. The molecule has 0 aliphatic heterocycles. The molecule has 1 aromatic heterocycles. The summed E-state index contributed by atoms with van der Waals surface area (Å²) in [6.45, 7) is 2.08. The quantitative estimate of drug-likeness (QED) is 0.752. The maximum absolute atomic E-state index is 5.34. The molecule has 80 valence electrons. The van der Waals surface area contributed by atoms with Crippen molar-refractivity contribution in [2.45, 2.75) is 6.92 Å². The minimum absolute atomic E-state index is 0.820. The number of benzene rings is 1. The molecule has 3 nitrogen and oxygen atoms in total. The predicted octanol–water partition coefficient (Wildman–Crippen LogP) is 2.50. The minimum atomic E-state index is 0.820. The fourth-order valence-corrected chi connectivity index (χ4v) is 1.79. The molecule has 0 atom stereocenters. The summed E-state index contributed by atoms with van der Waals surface area (Å²) in [5.74, 6) is 1.67. The van der Waals surface area contributed by atoms with Gasteiger partial charge in [0.05, 0.1) is 19.7 Å². The van der Waals surface area contributed by atoms with Crippen molar-refractivity contribution in [3.8, 4) is 11.5 Å². The first-order valence-electron chi connectivity index (χ1n) is 4.85. The molecule has 0 saturated heterocycles. The Morgan fingerprint density at radius 2 is 1.80 bits per heavy atom. The van der Waals surface area contributed by atoms with Gasteiger partial charge < -0.3 is 14.0 Å². The van der Waals surface area contributed by atoms with E-state index in [-0.39, 0.29) is 0 Å². The van der Waals surface area contributed by atoms with Crippen LogP contribution in [0.4, 0.5) is 0 Å². The molecule has 3 heteroatoms. The number of aromatic nitrogens is 1. The van der Waals surface area contributed by atoms with E-state index in [0.29, 0.717) is 0 Å². The summed E-state index contributed by atoms with van der Waals surface area (Å²) in [6, 6.07) is 6.04. The summed E-state index contributed by atoms with van der Waals surface area (Å²) in [7, 11) is 5.38. The smallest absolute Gasteiger partial charge is 0.131 e. The van der Waals surface area contributed by atoms with Crippen molar-refractivity contribution >= 4 is 10.9 Å². The van der Waals surface area contributed by atoms with Gasteiger partial charge in [-0.1, -0.05) is 0 Å². The Morgan fingerprint density at radius 3 is 2.40 bits per heavy atom. The van der Waals surface area contributed by atoms with Crippen LogP contribution in [0.3, 0.4) is 0 Å². The molecule has 0 unspecified atom stereocenters. The van der Waals surface area contributed by atoms with Gasteiger partial charge >= 0.3 is 0 Å². The second-order valence-corrected chi connectivity index (χ2v) is 3.61. The molecule has 0 fully saturated rings. The summed E-state index contributed by atoms with van der Waals surface area (Å²) in [4.78, 5) is 0. The van der Waals surface area contributed by atoms with Crippen LogP contribution < -0.4 is 9.47 Å². The van der Waals surface area contributed by atoms with E-state index in [9.17, 15) is 0 Å². The van der Waals surface area contributed by atoms with Gasteiger partial charge in [-0.15, -0.1) is 0 Å². The van der Waals surface area contributed by atoms with Gasteiger partial charge in [0.15, 0.2) is 0 Å². The summed E-state index contributed by atoms with van der Waals surface area (Å²) >= 11 is 0. The van der Waals surface area contributed by atoms with Gasteiger partial charge in [-0.2, -0.15) is 0 Å². The number of fused-ring (bicyclic) bond motifs is 1. The van der Waals surface area contributed by atoms with E-state index < -0.39 is 0 Å². The van der Waals surface area contributed by atoms with Gasteiger partial charge in [0.2, 0.25) is 0 Å². The lowest BCUT2D eigenvalue weighted by Gasteiger charge is -2.06. The van der Waals surface area contributed by atoms with Gasteiger partial charge in [0, 0.05) is 30.3 Å². The van der Waals surface area contributed by atoms with Crippen molar-refractivity contribution in [3.05, 3.63) is 23.9 Å². The summed E-state index contributed by atoms with van der Waals surface area (Å²) < 4.78 is 12.7. The molecule has 15 heavy (non-hydrogen) atoms. The Hall–Kier alpha value is -1.64. The van der Waals surface area contributed by atoms with E-state index in [2.05, 4.69) is 17.6 Å². The Labute approximate surface area is 89.2 Å². The number of aryl methyl sites for hydroxylation is 2. The monoisotopic (exact) mass is 205 g/mol. The number of ether oxygens (including phenoxy) is 2. The number of hydrogen-bond donors (Lipinski definition) is 0. The minimum Gasteiger partial charge on any atom is -0.497 e. The molecular formula is C12H15NO2. The third-order valence-electron chi connectivity index (χ3n) is 2.79. The lowest BCUT2D eigenvalue weighted by atomic mass is 10.2. The lowest BCUT2D eigenvalue weighted by Crippen LogP contribution is -1.92. The topological polar surface area (TPSA) is 23.4 Å². The highest BCUT2D eigenvalue weighted by Gasteiger charge is 2.09. The molecule has 0 spiro atoms. The van der Waals surface area contributed by atoms with Crippen LogP contribution in [0.1, 0.15) is 5.69 Å². The van der Waals surface area contributed by atoms with E-state index in [0.717, 1.165) is 22.4 Å². The SMILES string of the molecule is COc1cc(OC)c2cc(C)n(C)c2c1. The van der Waals surface area contributed by atoms with Gasteiger partial charge in [-0.05, 0) is 13.0 Å². The predicted molar refractivity (Wildman–Crippen MR) is 60.8 cm³/mol. The van der Waals surface area contributed by atoms with Crippen molar-refractivity contribution in [1.82, 2.24) is 4.57 Å². The van der Waals surface area contributed by atoms with Crippen LogP contribution in [-0.2, 0) is 7.05 Å². The molecule has 2 rings (SSSR count). The molecule has 0 N–H and O–H groups in total. The molecule has 0 saturated carbocycles. The number of nitrogens with zero attached hydrogens (tertiary/aromatic N) is 1. The van der Waals surface area contributed by atoms with Gasteiger partial charge in [0.25, 0.3) is 0 Å². The zero-order chi connectivity index (χ0) is 11.0. The first kappa shape index (κ1) is 9.90. The van der Waals surface area contributed by atoms with Crippen LogP contribution in [0.15, 0.2) is 18.2 Å². The largest absolute Gasteiger partial charge is 0.497 e. The summed E-state index contributed by atoms with van der Waals surface area (Å²) in [5.41, 5.74) is 2.33. The molecular weight excluding hydrogens is 190 g/mol. The standard InChI is InChI=1S/C12H15NO2/c1-8-5-10-11(13(8)2)6-9(14-3)7-12(10)15-4/h5-7H,1-4H3. The average molecular weight is 205 g/mol. The normalized spacial score (nSPS) is 10.7. The van der Waals surface area contributed by atoms with E-state index in [1.807, 2.05) is 19.2 Å². The zero-order valence-corrected chi connectivity index (χ0v) is 9.50. The van der Waals surface area contributed by atoms with Crippen LogP contribution >= 0.6 is 0 Å². The lowest BCUT2D eigenvalue weighted by molar-refractivity contribution is 0.398. The van der Waals surface area contributed by atoms with Gasteiger partial charge in [-0.25, -0.2) is 0 Å². The second-order valence-electron chi connectivity index (χ2n) is 3.61. The van der Waals surface area contributed by atoms with Crippen molar-refractivity contribution in [2.75, 3.05) is 14.2 Å². The zero-order valence-electron chi connectivity index (χ0n) is 9.50. The Morgan fingerprint density at radius 1 is 1.07 bits per heavy atom. The first-order chi connectivity index (χ1) is 7.17. The maximum Gasteiger partial charge on any atom is 0.131 e. The van der Waals surface area contributed by atoms with Crippen LogP contribution in [0.25, 0.3) is 10.9 Å². The molecule has 0 bridgehead atoms. The highest BCUT2D eigenvalue weighted by Crippen LogP contribution is 2.32. The number of methoxy groups -OCH3 is 2. The molecule has 1 heterocycles.